The summed E-state index contributed by atoms with van der Waals surface area (Å²) in [5.74, 6) is 0.397. The summed E-state index contributed by atoms with van der Waals surface area (Å²) in [6.07, 6.45) is 6.78. The van der Waals surface area contributed by atoms with Crippen LogP contribution in [0.1, 0.15) is 38.5 Å². The summed E-state index contributed by atoms with van der Waals surface area (Å²) in [5.41, 5.74) is 0. The number of nitrogens with one attached hydrogen (secondary N) is 1. The summed E-state index contributed by atoms with van der Waals surface area (Å²) in [5, 5.41) is 12.4. The lowest BCUT2D eigenvalue weighted by Gasteiger charge is -2.33. The van der Waals surface area contributed by atoms with Gasteiger partial charge in [0.05, 0.1) is 12.5 Å². The van der Waals surface area contributed by atoms with E-state index in [0.29, 0.717) is 12.6 Å². The lowest BCUT2D eigenvalue weighted by molar-refractivity contribution is -0.139. The van der Waals surface area contributed by atoms with Crippen molar-refractivity contribution in [1.82, 2.24) is 10.2 Å². The molecule has 0 aromatic rings. The SMILES string of the molecule is O=C(C1CCCNC1)N(CCO)C1CCCC1. The van der Waals surface area contributed by atoms with E-state index < -0.39 is 0 Å². The predicted molar refractivity (Wildman–Crippen MR) is 66.6 cm³/mol. The molecule has 2 N–H and O–H groups in total. The molecule has 0 radical (unpaired) electrons. The van der Waals surface area contributed by atoms with Crippen LogP contribution in [0.3, 0.4) is 0 Å². The summed E-state index contributed by atoms with van der Waals surface area (Å²) < 4.78 is 0. The van der Waals surface area contributed by atoms with E-state index in [1.54, 1.807) is 0 Å². The molecule has 1 saturated carbocycles. The summed E-state index contributed by atoms with van der Waals surface area (Å²) in [6.45, 7) is 2.45. The van der Waals surface area contributed by atoms with Crippen molar-refractivity contribution < 1.29 is 9.90 Å². The number of aliphatic hydroxyl groups is 1. The molecule has 1 atom stereocenters. The normalized spacial score (nSPS) is 26.1. The van der Waals surface area contributed by atoms with Gasteiger partial charge in [0.1, 0.15) is 0 Å². The number of carbonyl (C=O) groups excluding carboxylic acids is 1. The fraction of sp³-hybridized carbons (Fsp3) is 0.923. The van der Waals surface area contributed by atoms with Gasteiger partial charge in [0.2, 0.25) is 5.91 Å². The minimum atomic E-state index is 0.0857. The minimum Gasteiger partial charge on any atom is -0.395 e. The molecule has 0 aromatic carbocycles. The highest BCUT2D eigenvalue weighted by molar-refractivity contribution is 5.79. The molecule has 1 heterocycles. The van der Waals surface area contributed by atoms with E-state index in [0.717, 1.165) is 38.8 Å². The highest BCUT2D eigenvalue weighted by Crippen LogP contribution is 2.25. The number of hydrogen-bond donors (Lipinski definition) is 2. The number of nitrogens with zero attached hydrogens (tertiary/aromatic N) is 1. The van der Waals surface area contributed by atoms with Crippen molar-refractivity contribution in [3.8, 4) is 0 Å². The van der Waals surface area contributed by atoms with Crippen LogP contribution in [0.2, 0.25) is 0 Å². The number of rotatable bonds is 4. The molecule has 1 aliphatic heterocycles. The van der Waals surface area contributed by atoms with E-state index in [4.69, 9.17) is 5.11 Å². The Hall–Kier alpha value is -0.610. The van der Waals surface area contributed by atoms with Gasteiger partial charge in [0, 0.05) is 19.1 Å². The Morgan fingerprint density at radius 2 is 2.00 bits per heavy atom. The Balaban J connectivity index is 1.95. The molecule has 0 spiro atoms. The summed E-state index contributed by atoms with van der Waals surface area (Å²) in [7, 11) is 0. The van der Waals surface area contributed by atoms with Gasteiger partial charge >= 0.3 is 0 Å². The van der Waals surface area contributed by atoms with Gasteiger partial charge in [-0.05, 0) is 32.2 Å². The second-order valence-corrected chi connectivity index (χ2v) is 5.24. The third kappa shape index (κ3) is 3.19. The molecule has 98 valence electrons. The average Bonchev–Trinajstić information content (AvgIpc) is 2.90. The fourth-order valence-electron chi connectivity index (χ4n) is 3.09. The van der Waals surface area contributed by atoms with Crippen LogP contribution in [-0.2, 0) is 4.79 Å². The first-order chi connectivity index (χ1) is 8.33. The van der Waals surface area contributed by atoms with E-state index in [1.807, 2.05) is 4.90 Å². The number of piperidine rings is 1. The van der Waals surface area contributed by atoms with Crippen molar-refractivity contribution in [1.29, 1.82) is 0 Å². The van der Waals surface area contributed by atoms with Gasteiger partial charge in [0.25, 0.3) is 0 Å². The topological polar surface area (TPSA) is 52.6 Å². The Morgan fingerprint density at radius 1 is 1.24 bits per heavy atom. The molecule has 2 aliphatic rings. The molecular formula is C13H24N2O2. The van der Waals surface area contributed by atoms with E-state index >= 15 is 0 Å². The molecule has 1 amide bonds. The van der Waals surface area contributed by atoms with Crippen molar-refractivity contribution >= 4 is 5.91 Å². The molecule has 1 saturated heterocycles. The summed E-state index contributed by atoms with van der Waals surface area (Å²) in [4.78, 5) is 14.4. The quantitative estimate of drug-likeness (QED) is 0.762. The number of carbonyl (C=O) groups is 1. The smallest absolute Gasteiger partial charge is 0.227 e. The molecule has 2 rings (SSSR count). The maximum Gasteiger partial charge on any atom is 0.227 e. The first-order valence-electron chi connectivity index (χ1n) is 6.95. The highest BCUT2D eigenvalue weighted by Gasteiger charge is 2.31. The van der Waals surface area contributed by atoms with E-state index in [-0.39, 0.29) is 18.4 Å². The summed E-state index contributed by atoms with van der Waals surface area (Å²) in [6, 6.07) is 0.386. The largest absolute Gasteiger partial charge is 0.395 e. The van der Waals surface area contributed by atoms with Gasteiger partial charge in [-0.3, -0.25) is 4.79 Å². The van der Waals surface area contributed by atoms with Crippen LogP contribution < -0.4 is 5.32 Å². The Labute approximate surface area is 103 Å². The number of aliphatic hydroxyl groups excluding tert-OH is 1. The maximum atomic E-state index is 12.5. The number of hydrogen-bond acceptors (Lipinski definition) is 3. The van der Waals surface area contributed by atoms with Crippen LogP contribution in [0.4, 0.5) is 0 Å². The molecule has 1 aliphatic carbocycles. The van der Waals surface area contributed by atoms with Crippen LogP contribution in [0.25, 0.3) is 0 Å². The molecule has 2 fully saturated rings. The van der Waals surface area contributed by atoms with Crippen molar-refractivity contribution in [2.45, 2.75) is 44.6 Å². The van der Waals surface area contributed by atoms with Gasteiger partial charge in [0.15, 0.2) is 0 Å². The first-order valence-corrected chi connectivity index (χ1v) is 6.95. The second kappa shape index (κ2) is 6.36. The fourth-order valence-corrected chi connectivity index (χ4v) is 3.09. The third-order valence-corrected chi connectivity index (χ3v) is 4.04. The first kappa shape index (κ1) is 12.8. The minimum absolute atomic E-state index is 0.0857. The van der Waals surface area contributed by atoms with Gasteiger partial charge in [-0.15, -0.1) is 0 Å². The highest BCUT2D eigenvalue weighted by atomic mass is 16.3. The molecule has 0 bridgehead atoms. The Kier molecular flexibility index (Phi) is 4.80. The molecule has 1 unspecified atom stereocenters. The van der Waals surface area contributed by atoms with E-state index in [2.05, 4.69) is 5.32 Å². The van der Waals surface area contributed by atoms with Crippen molar-refractivity contribution in [3.63, 3.8) is 0 Å². The van der Waals surface area contributed by atoms with Crippen molar-refractivity contribution in [2.75, 3.05) is 26.2 Å². The Bertz CT molecular complexity index is 246. The zero-order chi connectivity index (χ0) is 12.1. The van der Waals surface area contributed by atoms with Gasteiger partial charge < -0.3 is 15.3 Å². The molecule has 4 heteroatoms. The molecule has 0 aromatic heterocycles. The Morgan fingerprint density at radius 3 is 2.59 bits per heavy atom. The van der Waals surface area contributed by atoms with Crippen molar-refractivity contribution in [3.05, 3.63) is 0 Å². The van der Waals surface area contributed by atoms with Crippen LogP contribution in [-0.4, -0.2) is 48.2 Å². The van der Waals surface area contributed by atoms with Crippen LogP contribution >= 0.6 is 0 Å². The van der Waals surface area contributed by atoms with Gasteiger partial charge in [-0.1, -0.05) is 12.8 Å². The van der Waals surface area contributed by atoms with Crippen molar-refractivity contribution in [2.24, 2.45) is 5.92 Å². The molecule has 4 nitrogen and oxygen atoms in total. The van der Waals surface area contributed by atoms with Crippen LogP contribution in [0.5, 0.6) is 0 Å². The zero-order valence-corrected chi connectivity index (χ0v) is 10.5. The summed E-state index contributed by atoms with van der Waals surface area (Å²) >= 11 is 0. The van der Waals surface area contributed by atoms with Crippen LogP contribution in [0, 0.1) is 5.92 Å². The van der Waals surface area contributed by atoms with E-state index in [1.165, 1.54) is 12.8 Å². The zero-order valence-electron chi connectivity index (χ0n) is 10.5. The predicted octanol–water partition coefficient (Wildman–Crippen LogP) is 0.749. The average molecular weight is 240 g/mol. The van der Waals surface area contributed by atoms with Gasteiger partial charge in [-0.25, -0.2) is 0 Å². The number of amides is 1. The monoisotopic (exact) mass is 240 g/mol. The van der Waals surface area contributed by atoms with Crippen LogP contribution in [0.15, 0.2) is 0 Å². The third-order valence-electron chi connectivity index (χ3n) is 4.04. The standard InChI is InChI=1S/C13H24N2O2/c16-9-8-15(12-5-1-2-6-12)13(17)11-4-3-7-14-10-11/h11-12,14,16H,1-10H2. The second-order valence-electron chi connectivity index (χ2n) is 5.24. The lowest BCUT2D eigenvalue weighted by Crippen LogP contribution is -2.47. The maximum absolute atomic E-state index is 12.5. The molecule has 17 heavy (non-hydrogen) atoms. The van der Waals surface area contributed by atoms with Gasteiger partial charge in [-0.2, -0.15) is 0 Å². The molecular weight excluding hydrogens is 216 g/mol. The van der Waals surface area contributed by atoms with E-state index in [9.17, 15) is 4.79 Å². The lowest BCUT2D eigenvalue weighted by atomic mass is 9.97.